The zero-order valence-electron chi connectivity index (χ0n) is 15.3. The van der Waals surface area contributed by atoms with Crippen LogP contribution in [0, 0.1) is 0 Å². The first kappa shape index (κ1) is 30.4. The molecule has 2 rings (SSSR count). The third kappa shape index (κ3) is 15.8. The quantitative estimate of drug-likeness (QED) is 0.305. The molecule has 0 N–H and O–H groups in total. The Morgan fingerprint density at radius 1 is 0.548 bits per heavy atom. The molecule has 0 saturated carbocycles. The summed E-state index contributed by atoms with van der Waals surface area (Å²) in [6.45, 7) is 0. The zero-order chi connectivity index (χ0) is 23.1. The molecule has 0 aliphatic carbocycles. The van der Waals surface area contributed by atoms with Crippen LogP contribution < -0.4 is 38.4 Å². The van der Waals surface area contributed by atoms with Crippen LogP contribution in [0.4, 0.5) is 0 Å². The Morgan fingerprint density at radius 3 is 1.03 bits per heavy atom. The number of hydrogen-bond donors (Lipinski definition) is 0. The second kappa shape index (κ2) is 12.6. The molecule has 0 aliphatic rings. The summed E-state index contributed by atoms with van der Waals surface area (Å²) in [7, 11) is -19.6. The van der Waals surface area contributed by atoms with Gasteiger partial charge in [-0.05, 0) is 24.3 Å². The van der Waals surface area contributed by atoms with E-state index in [1.807, 2.05) is 0 Å². The molecule has 0 aliphatic heterocycles. The molecular formula is C14H14O12P4W. The third-order valence-corrected chi connectivity index (χ3v) is 9.19. The second-order valence-electron chi connectivity index (χ2n) is 5.54. The molecule has 0 radical (unpaired) electrons. The minimum Gasteiger partial charge on any atom is -0.810 e. The zero-order valence-corrected chi connectivity index (χ0v) is 21.8. The van der Waals surface area contributed by atoms with Crippen molar-refractivity contribution in [1.82, 2.24) is 0 Å². The fourth-order valence-corrected chi connectivity index (χ4v) is 6.51. The van der Waals surface area contributed by atoms with Gasteiger partial charge in [0.05, 0.1) is 11.8 Å². The maximum atomic E-state index is 11.0. The molecule has 2 aromatic carbocycles. The van der Waals surface area contributed by atoms with E-state index < -0.39 is 42.2 Å². The minimum atomic E-state index is -5.12. The van der Waals surface area contributed by atoms with Gasteiger partial charge in [0.2, 0.25) is 0 Å². The Bertz CT molecular complexity index is 909. The average Bonchev–Trinajstić information content (AvgIpc) is 2.51. The van der Waals surface area contributed by atoms with E-state index in [0.717, 1.165) is 0 Å². The third-order valence-electron chi connectivity index (χ3n) is 2.67. The van der Waals surface area contributed by atoms with Crippen molar-refractivity contribution < 1.29 is 77.7 Å². The van der Waals surface area contributed by atoms with E-state index in [4.69, 9.17) is 0 Å². The Balaban J connectivity index is 0.000000562. The van der Waals surface area contributed by atoms with Gasteiger partial charge in [0, 0.05) is 0 Å². The summed E-state index contributed by atoms with van der Waals surface area (Å²) in [5.74, 6) is -3.09. The molecule has 0 bridgehead atoms. The van der Waals surface area contributed by atoms with Crippen molar-refractivity contribution in [2.24, 2.45) is 0 Å². The van der Waals surface area contributed by atoms with Gasteiger partial charge in [0.1, 0.15) is 11.5 Å². The number of rotatable bonds is 8. The van der Waals surface area contributed by atoms with Crippen molar-refractivity contribution in [3.05, 3.63) is 60.7 Å². The fraction of sp³-hybridized carbons (Fsp3) is 0.143. The Morgan fingerprint density at radius 2 is 0.806 bits per heavy atom. The van der Waals surface area contributed by atoms with E-state index in [1.165, 1.54) is 48.5 Å². The molecule has 2 aromatic rings. The van der Waals surface area contributed by atoms with Crippen molar-refractivity contribution >= 4 is 30.4 Å². The van der Waals surface area contributed by atoms with Crippen molar-refractivity contribution in [3.63, 3.8) is 0 Å². The van der Waals surface area contributed by atoms with Crippen LogP contribution in [-0.4, -0.2) is 11.8 Å². The van der Waals surface area contributed by atoms with Crippen molar-refractivity contribution in [1.29, 1.82) is 0 Å². The number of benzene rings is 2. The van der Waals surface area contributed by atoms with Crippen LogP contribution in [0.25, 0.3) is 0 Å². The summed E-state index contributed by atoms with van der Waals surface area (Å²) in [6, 6.07) is 14.7. The average molecular weight is 682 g/mol. The summed E-state index contributed by atoms with van der Waals surface area (Å²) in [6.07, 6.45) is 0. The van der Waals surface area contributed by atoms with Gasteiger partial charge in [0.15, 0.2) is 15.2 Å². The molecule has 0 heterocycles. The summed E-state index contributed by atoms with van der Waals surface area (Å²) in [4.78, 5) is 63.1. The normalized spacial score (nSPS) is 15.2. The smallest absolute Gasteiger partial charge is 0.810 e. The Labute approximate surface area is 191 Å². The van der Waals surface area contributed by atoms with Crippen LogP contribution >= 0.6 is 30.4 Å². The summed E-state index contributed by atoms with van der Waals surface area (Å²) < 4.78 is 51.4. The maximum Gasteiger partial charge on any atom is 6.00 e. The first-order valence-electron chi connectivity index (χ1n) is 7.69. The summed E-state index contributed by atoms with van der Waals surface area (Å²) >= 11 is 0. The van der Waals surface area contributed by atoms with Gasteiger partial charge in [-0.2, -0.15) is 0 Å². The molecular weight excluding hydrogens is 668 g/mol. The number of hydrogen-bond acceptors (Lipinski definition) is 12. The van der Waals surface area contributed by atoms with Crippen LogP contribution in [0.2, 0.25) is 0 Å². The van der Waals surface area contributed by atoms with E-state index >= 15 is 0 Å². The van der Waals surface area contributed by atoms with Crippen molar-refractivity contribution in [2.75, 3.05) is 11.8 Å². The minimum absolute atomic E-state index is 0. The van der Waals surface area contributed by atoms with Gasteiger partial charge in [-0.3, -0.25) is 9.13 Å². The summed E-state index contributed by atoms with van der Waals surface area (Å²) in [5.41, 5.74) is 0. The predicted molar refractivity (Wildman–Crippen MR) is 94.3 cm³/mol. The van der Waals surface area contributed by atoms with Crippen molar-refractivity contribution in [2.45, 2.75) is 0 Å². The van der Waals surface area contributed by atoms with Gasteiger partial charge in [0.25, 0.3) is 0 Å². The number of para-hydroxylation sites is 2. The van der Waals surface area contributed by atoms with Gasteiger partial charge >= 0.3 is 21.1 Å². The largest absolute Gasteiger partial charge is 6.00 e. The molecule has 0 aromatic heterocycles. The predicted octanol–water partition coefficient (Wildman–Crippen LogP) is -1.02. The molecule has 12 nitrogen and oxygen atoms in total. The Kier molecular flexibility index (Phi) is 12.4. The van der Waals surface area contributed by atoms with E-state index in [-0.39, 0.29) is 32.6 Å². The Hall–Kier alpha value is -0.592. The van der Waals surface area contributed by atoms with Crippen LogP contribution in [0.1, 0.15) is 0 Å². The summed E-state index contributed by atoms with van der Waals surface area (Å²) in [5, 5.41) is 0. The van der Waals surface area contributed by atoms with E-state index in [9.17, 15) is 47.6 Å². The molecule has 0 amide bonds. The van der Waals surface area contributed by atoms with E-state index in [0.29, 0.717) is 0 Å². The molecule has 168 valence electrons. The van der Waals surface area contributed by atoms with E-state index in [1.54, 1.807) is 12.1 Å². The first-order chi connectivity index (χ1) is 13.6. The monoisotopic (exact) mass is 682 g/mol. The maximum absolute atomic E-state index is 11.0. The fourth-order valence-electron chi connectivity index (χ4n) is 1.77. The molecule has 2 atom stereocenters. The first-order valence-corrected chi connectivity index (χ1v) is 14.6. The molecule has 0 fully saturated rings. The van der Waals surface area contributed by atoms with Crippen molar-refractivity contribution in [3.8, 4) is 11.5 Å². The standard InChI is InChI=1S/2C7H10O6P2.W/c2*8-14(9,10)6-15(11,12)13-7-4-2-1-3-5-7;/h2*1-5H,6H2,(H,11,12)(H2,8,9,10);/q;;+6/p-6. The van der Waals surface area contributed by atoms with Crippen LogP contribution in [0.15, 0.2) is 60.7 Å². The van der Waals surface area contributed by atoms with Crippen LogP contribution in [-0.2, 0) is 39.3 Å². The molecule has 17 heteroatoms. The van der Waals surface area contributed by atoms with E-state index in [2.05, 4.69) is 9.05 Å². The SMILES string of the molecule is O=P([O-])([O-])CP(=O)([O-])Oc1ccccc1.O=P([O-])([O-])CP(=O)([O-])Oc1ccccc1.[W+6]. The molecule has 0 spiro atoms. The molecule has 0 saturated heterocycles. The second-order valence-corrected chi connectivity index (χ2v) is 13.1. The molecule has 2 unspecified atom stereocenters. The van der Waals surface area contributed by atoms with Gasteiger partial charge in [-0.25, -0.2) is 0 Å². The van der Waals surface area contributed by atoms with Crippen LogP contribution in [0.5, 0.6) is 11.5 Å². The molecule has 31 heavy (non-hydrogen) atoms. The van der Waals surface area contributed by atoms with Gasteiger partial charge in [-0.1, -0.05) is 51.6 Å². The van der Waals surface area contributed by atoms with Crippen LogP contribution in [0.3, 0.4) is 0 Å². The topological polar surface area (TPSA) is 225 Å². The van der Waals surface area contributed by atoms with Gasteiger partial charge in [-0.15, -0.1) is 0 Å². The van der Waals surface area contributed by atoms with Gasteiger partial charge < -0.3 is 47.5 Å².